The molecule has 0 bridgehead atoms. The highest BCUT2D eigenvalue weighted by Gasteiger charge is 2.45. The van der Waals surface area contributed by atoms with Crippen LogP contribution >= 0.6 is 0 Å². The fraction of sp³-hybridized carbons (Fsp3) is 0.500. The number of hydrogen-bond acceptors (Lipinski definition) is 3. The van der Waals surface area contributed by atoms with Gasteiger partial charge < -0.3 is 14.7 Å². The molecule has 0 aliphatic heterocycles. The predicted octanol–water partition coefficient (Wildman–Crippen LogP) is 2.39. The molecule has 0 radical (unpaired) electrons. The average Bonchev–Trinajstić information content (AvgIpc) is 3.06. The Morgan fingerprint density at radius 3 is 2.72 bits per heavy atom. The van der Waals surface area contributed by atoms with Crippen LogP contribution in [0, 0.1) is 5.41 Å². The predicted molar refractivity (Wildman–Crippen MR) is 70.2 cm³/mol. The largest absolute Gasteiger partial charge is 0.493 e. The van der Waals surface area contributed by atoms with E-state index in [0.717, 1.165) is 24.3 Å². The van der Waals surface area contributed by atoms with Gasteiger partial charge in [0.25, 0.3) is 0 Å². The van der Waals surface area contributed by atoms with E-state index in [1.165, 1.54) is 0 Å². The Morgan fingerprint density at radius 2 is 2.17 bits per heavy atom. The van der Waals surface area contributed by atoms with Gasteiger partial charge in [0.1, 0.15) is 5.75 Å². The maximum Gasteiger partial charge on any atom is 0.304 e. The minimum Gasteiger partial charge on any atom is -0.493 e. The molecule has 1 N–H and O–H groups in total. The number of carbonyl (C=O) groups is 1. The van der Waals surface area contributed by atoms with Crippen LogP contribution in [-0.2, 0) is 4.79 Å². The zero-order chi connectivity index (χ0) is 13.2. The summed E-state index contributed by atoms with van der Waals surface area (Å²) in [5.41, 5.74) is 0.954. The molecule has 2 rings (SSSR count). The molecule has 1 aliphatic carbocycles. The van der Waals surface area contributed by atoms with Crippen molar-refractivity contribution >= 4 is 11.7 Å². The molecule has 0 spiro atoms. The highest BCUT2D eigenvalue weighted by atomic mass is 16.5. The molecule has 1 aliphatic rings. The molecular weight excluding hydrogens is 230 g/mol. The Kier molecular flexibility index (Phi) is 3.45. The molecule has 1 aromatic carbocycles. The Morgan fingerprint density at radius 1 is 1.44 bits per heavy atom. The molecular formula is C14H19NO3. The Labute approximate surface area is 107 Å². The quantitative estimate of drug-likeness (QED) is 0.841. The first-order chi connectivity index (χ1) is 8.51. The Bertz CT molecular complexity index is 438. The van der Waals surface area contributed by atoms with E-state index in [2.05, 4.69) is 0 Å². The second-order valence-electron chi connectivity index (χ2n) is 5.25. The highest BCUT2D eigenvalue weighted by molar-refractivity contribution is 5.68. The number of hydrogen-bond donors (Lipinski definition) is 1. The summed E-state index contributed by atoms with van der Waals surface area (Å²) in [5, 5.41) is 8.84. The number of benzene rings is 1. The van der Waals surface area contributed by atoms with Gasteiger partial charge in [-0.15, -0.1) is 0 Å². The number of carboxylic acid groups (broad SMARTS) is 1. The lowest BCUT2D eigenvalue weighted by Crippen LogP contribution is -2.17. The van der Waals surface area contributed by atoms with Gasteiger partial charge in [-0.05, 0) is 25.0 Å². The van der Waals surface area contributed by atoms with Gasteiger partial charge in [-0.1, -0.05) is 6.07 Å². The van der Waals surface area contributed by atoms with Crippen molar-refractivity contribution in [2.45, 2.75) is 19.3 Å². The molecule has 0 unspecified atom stereocenters. The summed E-state index contributed by atoms with van der Waals surface area (Å²) in [6.07, 6.45) is 2.11. The second kappa shape index (κ2) is 4.88. The van der Waals surface area contributed by atoms with Crippen LogP contribution in [-0.4, -0.2) is 31.8 Å². The Hall–Kier alpha value is -1.71. The van der Waals surface area contributed by atoms with Crippen molar-refractivity contribution in [3.05, 3.63) is 24.3 Å². The molecule has 0 heterocycles. The number of anilines is 1. The fourth-order valence-corrected chi connectivity index (χ4v) is 1.96. The molecule has 0 saturated heterocycles. The summed E-state index contributed by atoms with van der Waals surface area (Å²) >= 11 is 0. The first-order valence-electron chi connectivity index (χ1n) is 6.13. The normalized spacial score (nSPS) is 16.1. The van der Waals surface area contributed by atoms with Crippen molar-refractivity contribution in [3.63, 3.8) is 0 Å². The third-order valence-electron chi connectivity index (χ3n) is 3.36. The van der Waals surface area contributed by atoms with Crippen LogP contribution in [0.15, 0.2) is 24.3 Å². The molecule has 0 atom stereocenters. The number of ether oxygens (including phenoxy) is 1. The third kappa shape index (κ3) is 3.15. The van der Waals surface area contributed by atoms with Crippen LogP contribution < -0.4 is 9.64 Å². The summed E-state index contributed by atoms with van der Waals surface area (Å²) in [7, 11) is 3.96. The molecule has 4 heteroatoms. The second-order valence-corrected chi connectivity index (χ2v) is 5.25. The monoisotopic (exact) mass is 249 g/mol. The summed E-state index contributed by atoms with van der Waals surface area (Å²) in [5.74, 6) is 0.0657. The molecule has 18 heavy (non-hydrogen) atoms. The van der Waals surface area contributed by atoms with E-state index in [0.29, 0.717) is 6.61 Å². The van der Waals surface area contributed by atoms with Gasteiger partial charge in [-0.3, -0.25) is 4.79 Å². The lowest BCUT2D eigenvalue weighted by atomic mass is 10.0. The zero-order valence-corrected chi connectivity index (χ0v) is 10.8. The average molecular weight is 249 g/mol. The first kappa shape index (κ1) is 12.7. The van der Waals surface area contributed by atoms with Crippen LogP contribution in [0.3, 0.4) is 0 Å². The number of aliphatic carboxylic acids is 1. The van der Waals surface area contributed by atoms with Crippen molar-refractivity contribution in [1.82, 2.24) is 0 Å². The lowest BCUT2D eigenvalue weighted by Gasteiger charge is -2.16. The van der Waals surface area contributed by atoms with Gasteiger partial charge in [-0.2, -0.15) is 0 Å². The van der Waals surface area contributed by atoms with E-state index in [1.54, 1.807) is 0 Å². The standard InChI is InChI=1S/C14H19NO3/c1-15(2)11-4-3-5-12(8-11)18-10-14(6-7-14)9-13(16)17/h3-5,8H,6-7,9-10H2,1-2H3,(H,16,17). The van der Waals surface area contributed by atoms with Crippen LogP contribution in [0.25, 0.3) is 0 Å². The van der Waals surface area contributed by atoms with Gasteiger partial charge in [0, 0.05) is 31.3 Å². The fourth-order valence-electron chi connectivity index (χ4n) is 1.96. The molecule has 1 fully saturated rings. The van der Waals surface area contributed by atoms with E-state index >= 15 is 0 Å². The smallest absolute Gasteiger partial charge is 0.304 e. The summed E-state index contributed by atoms with van der Waals surface area (Å²) in [6, 6.07) is 7.83. The van der Waals surface area contributed by atoms with Crippen LogP contribution in [0.1, 0.15) is 19.3 Å². The number of carboxylic acids is 1. The molecule has 0 aromatic heterocycles. The number of nitrogens with zero attached hydrogens (tertiary/aromatic N) is 1. The van der Waals surface area contributed by atoms with Crippen LogP contribution in [0.5, 0.6) is 5.75 Å². The molecule has 1 aromatic rings. The maximum absolute atomic E-state index is 10.7. The van der Waals surface area contributed by atoms with Gasteiger partial charge >= 0.3 is 5.97 Å². The molecule has 98 valence electrons. The van der Waals surface area contributed by atoms with Crippen molar-refractivity contribution in [2.24, 2.45) is 5.41 Å². The summed E-state index contributed by atoms with van der Waals surface area (Å²) in [4.78, 5) is 12.8. The van der Waals surface area contributed by atoms with Crippen molar-refractivity contribution in [2.75, 3.05) is 25.6 Å². The first-order valence-corrected chi connectivity index (χ1v) is 6.13. The maximum atomic E-state index is 10.7. The summed E-state index contributed by atoms with van der Waals surface area (Å²) < 4.78 is 5.74. The molecule has 0 amide bonds. The van der Waals surface area contributed by atoms with Crippen molar-refractivity contribution < 1.29 is 14.6 Å². The SMILES string of the molecule is CN(C)c1cccc(OCC2(CC(=O)O)CC2)c1. The van der Waals surface area contributed by atoms with Crippen molar-refractivity contribution in [3.8, 4) is 5.75 Å². The minimum atomic E-state index is -0.738. The molecule has 1 saturated carbocycles. The Balaban J connectivity index is 1.94. The highest BCUT2D eigenvalue weighted by Crippen LogP contribution is 2.49. The van der Waals surface area contributed by atoms with E-state index in [1.807, 2.05) is 43.3 Å². The summed E-state index contributed by atoms with van der Waals surface area (Å²) in [6.45, 7) is 0.496. The van der Waals surface area contributed by atoms with Crippen molar-refractivity contribution in [1.29, 1.82) is 0 Å². The van der Waals surface area contributed by atoms with Gasteiger partial charge in [0.2, 0.25) is 0 Å². The van der Waals surface area contributed by atoms with Gasteiger partial charge in [0.15, 0.2) is 0 Å². The zero-order valence-electron chi connectivity index (χ0n) is 10.8. The number of rotatable bonds is 6. The van der Waals surface area contributed by atoms with Gasteiger partial charge in [0.05, 0.1) is 13.0 Å². The van der Waals surface area contributed by atoms with Crippen LogP contribution in [0.2, 0.25) is 0 Å². The van der Waals surface area contributed by atoms with E-state index in [9.17, 15) is 4.79 Å². The minimum absolute atomic E-state index is 0.125. The topological polar surface area (TPSA) is 49.8 Å². The molecule has 4 nitrogen and oxygen atoms in total. The van der Waals surface area contributed by atoms with E-state index in [-0.39, 0.29) is 11.8 Å². The lowest BCUT2D eigenvalue weighted by molar-refractivity contribution is -0.138. The van der Waals surface area contributed by atoms with E-state index in [4.69, 9.17) is 9.84 Å². The van der Waals surface area contributed by atoms with E-state index < -0.39 is 5.97 Å². The third-order valence-corrected chi connectivity index (χ3v) is 3.36. The van der Waals surface area contributed by atoms with Crippen LogP contribution in [0.4, 0.5) is 5.69 Å². The van der Waals surface area contributed by atoms with Gasteiger partial charge in [-0.25, -0.2) is 0 Å².